The minimum Gasteiger partial charge on any atom is -0.268 e. The molecule has 0 N–H and O–H groups in total. The monoisotopic (exact) mass is 398 g/mol. The van der Waals surface area contributed by atoms with Crippen molar-refractivity contribution in [2.45, 2.75) is 6.42 Å². The number of aryl methyl sites for hydroxylation is 1. The zero-order valence-electron chi connectivity index (χ0n) is 6.87. The van der Waals surface area contributed by atoms with E-state index in [1.54, 1.807) is 0 Å². The topological polar surface area (TPSA) is 17.8 Å². The fourth-order valence-electron chi connectivity index (χ4n) is 1.29. The van der Waals surface area contributed by atoms with E-state index in [1.807, 2.05) is 12.1 Å². The molecule has 0 spiro atoms. The molecule has 0 aliphatic heterocycles. The highest BCUT2D eigenvalue weighted by atomic mass is 127. The molecule has 0 fully saturated rings. The first-order valence-corrected chi connectivity index (χ1v) is 6.50. The van der Waals surface area contributed by atoms with E-state index in [1.165, 1.54) is 5.52 Å². The molecule has 0 saturated carbocycles. The van der Waals surface area contributed by atoms with Gasteiger partial charge in [0, 0.05) is 10.8 Å². The quantitative estimate of drug-likeness (QED) is 0.562. The van der Waals surface area contributed by atoms with Crippen LogP contribution in [0.4, 0.5) is 0 Å². The minimum absolute atomic E-state index is 1.04. The van der Waals surface area contributed by atoms with Gasteiger partial charge >= 0.3 is 0 Å². The lowest BCUT2D eigenvalue weighted by molar-refractivity contribution is 1.01. The van der Waals surface area contributed by atoms with Crippen LogP contribution in [0.5, 0.6) is 0 Å². The molecule has 1 aromatic heterocycles. The average Bonchev–Trinajstić information content (AvgIpc) is 2.46. The molecule has 13 heavy (non-hydrogen) atoms. The fraction of sp³-hybridized carbons (Fsp3) is 0.222. The number of imidazole rings is 1. The average molecular weight is 398 g/mol. The maximum atomic E-state index is 4.55. The number of alkyl halides is 1. The normalized spacial score (nSPS) is 10.9. The van der Waals surface area contributed by atoms with Crippen LogP contribution in [0.15, 0.2) is 24.3 Å². The molecular formula is C9H8I2N2. The maximum absolute atomic E-state index is 4.55. The second-order valence-corrected chi connectivity index (χ2v) is 4.78. The van der Waals surface area contributed by atoms with Gasteiger partial charge < -0.3 is 0 Å². The van der Waals surface area contributed by atoms with Crippen molar-refractivity contribution in [1.29, 1.82) is 0 Å². The first-order chi connectivity index (χ1) is 6.33. The fourth-order valence-corrected chi connectivity index (χ4v) is 2.52. The van der Waals surface area contributed by atoms with E-state index in [4.69, 9.17) is 0 Å². The largest absolute Gasteiger partial charge is 0.268 e. The molecule has 68 valence electrons. The van der Waals surface area contributed by atoms with Crippen molar-refractivity contribution >= 4 is 56.5 Å². The van der Waals surface area contributed by atoms with Crippen LogP contribution in [0.25, 0.3) is 11.0 Å². The molecule has 1 heterocycles. The van der Waals surface area contributed by atoms with Gasteiger partial charge in [-0.15, -0.1) is 0 Å². The van der Waals surface area contributed by atoms with Gasteiger partial charge in [0.2, 0.25) is 0 Å². The summed E-state index contributed by atoms with van der Waals surface area (Å²) in [6.45, 7) is 0. The number of hydrogen-bond donors (Lipinski definition) is 0. The molecular weight excluding hydrogens is 390 g/mol. The molecule has 0 atom stereocenters. The van der Waals surface area contributed by atoms with Gasteiger partial charge in [-0.25, -0.2) is 4.98 Å². The summed E-state index contributed by atoms with van der Waals surface area (Å²) in [6, 6.07) is 8.24. The third kappa shape index (κ3) is 1.83. The Morgan fingerprint density at radius 2 is 2.08 bits per heavy atom. The van der Waals surface area contributed by atoms with Crippen molar-refractivity contribution < 1.29 is 0 Å². The molecule has 2 aromatic rings. The molecule has 0 radical (unpaired) electrons. The van der Waals surface area contributed by atoms with Crippen LogP contribution in [0, 0.1) is 0 Å². The molecule has 4 heteroatoms. The van der Waals surface area contributed by atoms with Crippen LogP contribution < -0.4 is 0 Å². The number of para-hydroxylation sites is 2. The second-order valence-electron chi connectivity index (χ2n) is 2.74. The predicted molar refractivity (Wildman–Crippen MR) is 71.7 cm³/mol. The number of hydrogen-bond acceptors (Lipinski definition) is 1. The Morgan fingerprint density at radius 1 is 1.31 bits per heavy atom. The summed E-state index contributed by atoms with van der Waals surface area (Å²) in [5, 5.41) is 0. The van der Waals surface area contributed by atoms with Gasteiger partial charge in [-0.2, -0.15) is 0 Å². The van der Waals surface area contributed by atoms with E-state index in [0.29, 0.717) is 0 Å². The van der Waals surface area contributed by atoms with Gasteiger partial charge in [-0.05, 0) is 12.1 Å². The Morgan fingerprint density at radius 3 is 2.77 bits per heavy atom. The van der Waals surface area contributed by atoms with Crippen LogP contribution in [-0.4, -0.2) is 12.2 Å². The number of aromatic nitrogens is 2. The third-order valence-corrected chi connectivity index (χ3v) is 3.50. The van der Waals surface area contributed by atoms with Crippen molar-refractivity contribution in [3.8, 4) is 0 Å². The summed E-state index contributed by atoms with van der Waals surface area (Å²) in [4.78, 5) is 4.55. The number of fused-ring (bicyclic) bond motifs is 1. The highest BCUT2D eigenvalue weighted by Gasteiger charge is 2.06. The molecule has 0 amide bonds. The Hall–Kier alpha value is 0.150. The Kier molecular flexibility index (Phi) is 3.07. The highest BCUT2D eigenvalue weighted by molar-refractivity contribution is 14.1. The van der Waals surface area contributed by atoms with E-state index in [-0.39, 0.29) is 0 Å². The van der Waals surface area contributed by atoms with Gasteiger partial charge in [-0.1, -0.05) is 34.7 Å². The number of halogens is 2. The van der Waals surface area contributed by atoms with Crippen LogP contribution in [-0.2, 0) is 6.42 Å². The molecule has 1 aromatic carbocycles. The van der Waals surface area contributed by atoms with Gasteiger partial charge in [0.15, 0.2) is 0 Å². The lowest BCUT2D eigenvalue weighted by Gasteiger charge is -1.95. The van der Waals surface area contributed by atoms with E-state index < -0.39 is 0 Å². The number of benzene rings is 1. The Labute approximate surface area is 104 Å². The first-order valence-electron chi connectivity index (χ1n) is 4.01. The van der Waals surface area contributed by atoms with E-state index in [9.17, 15) is 0 Å². The summed E-state index contributed by atoms with van der Waals surface area (Å²) in [6.07, 6.45) is 1.04. The minimum atomic E-state index is 1.04. The lowest BCUT2D eigenvalue weighted by Crippen LogP contribution is -1.92. The molecule has 0 aliphatic carbocycles. The van der Waals surface area contributed by atoms with E-state index in [2.05, 4.69) is 65.4 Å². The zero-order valence-corrected chi connectivity index (χ0v) is 11.2. The van der Waals surface area contributed by atoms with Gasteiger partial charge in [0.25, 0.3) is 0 Å². The molecule has 0 saturated heterocycles. The number of rotatable bonds is 2. The Bertz CT molecular complexity index is 422. The van der Waals surface area contributed by atoms with E-state index in [0.717, 1.165) is 22.2 Å². The number of nitrogens with zero attached hydrogens (tertiary/aromatic N) is 2. The highest BCUT2D eigenvalue weighted by Crippen LogP contribution is 2.19. The predicted octanol–water partition coefficient (Wildman–Crippen LogP) is 3.21. The smallest absolute Gasteiger partial charge is 0.119 e. The third-order valence-electron chi connectivity index (χ3n) is 1.89. The van der Waals surface area contributed by atoms with Crippen molar-refractivity contribution in [2.24, 2.45) is 0 Å². The summed E-state index contributed by atoms with van der Waals surface area (Å²) >= 11 is 4.68. The van der Waals surface area contributed by atoms with Crippen molar-refractivity contribution in [2.75, 3.05) is 4.43 Å². The summed E-state index contributed by atoms with van der Waals surface area (Å²) in [7, 11) is 0. The van der Waals surface area contributed by atoms with Crippen LogP contribution in [0.3, 0.4) is 0 Å². The summed E-state index contributed by atoms with van der Waals surface area (Å²) in [5.41, 5.74) is 2.31. The molecule has 2 nitrogen and oxygen atoms in total. The van der Waals surface area contributed by atoms with Gasteiger partial charge in [-0.3, -0.25) is 2.78 Å². The van der Waals surface area contributed by atoms with Crippen molar-refractivity contribution in [3.63, 3.8) is 0 Å². The summed E-state index contributed by atoms with van der Waals surface area (Å²) in [5.74, 6) is 1.16. The molecule has 0 aliphatic rings. The van der Waals surface area contributed by atoms with Crippen LogP contribution in [0.2, 0.25) is 0 Å². The SMILES string of the molecule is ICCc1nc2ccccc2n1I. The standard InChI is InChI=1S/C9H8I2N2/c10-6-5-9-12-7-3-1-2-4-8(7)13(9)11/h1-4H,5-6H2. The van der Waals surface area contributed by atoms with Gasteiger partial charge in [0.1, 0.15) is 5.82 Å². The first kappa shape index (κ1) is 9.70. The molecule has 0 unspecified atom stereocenters. The van der Waals surface area contributed by atoms with Crippen LogP contribution in [0.1, 0.15) is 5.82 Å². The Balaban J connectivity index is 2.60. The van der Waals surface area contributed by atoms with E-state index >= 15 is 0 Å². The van der Waals surface area contributed by atoms with Crippen molar-refractivity contribution in [3.05, 3.63) is 30.1 Å². The maximum Gasteiger partial charge on any atom is 0.119 e. The lowest BCUT2D eigenvalue weighted by atomic mass is 10.3. The summed E-state index contributed by atoms with van der Waals surface area (Å²) < 4.78 is 3.26. The zero-order chi connectivity index (χ0) is 9.26. The molecule has 2 rings (SSSR count). The second kappa shape index (κ2) is 4.12. The van der Waals surface area contributed by atoms with Crippen molar-refractivity contribution in [1.82, 2.24) is 7.76 Å². The van der Waals surface area contributed by atoms with Crippen LogP contribution >= 0.6 is 45.5 Å². The van der Waals surface area contributed by atoms with Gasteiger partial charge in [0.05, 0.1) is 33.9 Å². The molecule has 0 bridgehead atoms.